The van der Waals surface area contributed by atoms with Gasteiger partial charge in [-0.15, -0.1) is 35.3 Å². The van der Waals surface area contributed by atoms with E-state index in [1.54, 1.807) is 24.1 Å². The van der Waals surface area contributed by atoms with Crippen LogP contribution in [-0.2, 0) is 19.4 Å². The minimum absolute atomic E-state index is 0. The van der Waals surface area contributed by atoms with Gasteiger partial charge in [0, 0.05) is 61.7 Å². The monoisotopic (exact) mass is 527 g/mol. The zero-order chi connectivity index (χ0) is 19.3. The highest BCUT2D eigenvalue weighted by atomic mass is 127. The van der Waals surface area contributed by atoms with E-state index in [1.165, 1.54) is 11.6 Å². The Labute approximate surface area is 191 Å². The molecule has 0 bridgehead atoms. The molecule has 0 saturated carbocycles. The molecule has 0 unspecified atom stereocenters. The molecule has 0 radical (unpaired) electrons. The van der Waals surface area contributed by atoms with Crippen molar-refractivity contribution < 1.29 is 4.39 Å². The summed E-state index contributed by atoms with van der Waals surface area (Å²) < 4.78 is 13.5. The van der Waals surface area contributed by atoms with E-state index in [4.69, 9.17) is 0 Å². The van der Waals surface area contributed by atoms with Gasteiger partial charge in [0.25, 0.3) is 0 Å². The molecule has 0 fully saturated rings. The third kappa shape index (κ3) is 5.49. The first-order valence-electron chi connectivity index (χ1n) is 9.70. The van der Waals surface area contributed by atoms with E-state index < -0.39 is 0 Å². The van der Waals surface area contributed by atoms with Crippen molar-refractivity contribution in [1.82, 2.24) is 20.5 Å². The molecule has 8 heteroatoms. The van der Waals surface area contributed by atoms with E-state index in [0.29, 0.717) is 0 Å². The number of H-pyrrole nitrogens is 1. The third-order valence-electron chi connectivity index (χ3n) is 5.25. The van der Waals surface area contributed by atoms with Gasteiger partial charge < -0.3 is 15.6 Å². The summed E-state index contributed by atoms with van der Waals surface area (Å²) in [6, 6.07) is 7.10. The minimum atomic E-state index is -0.203. The van der Waals surface area contributed by atoms with Gasteiger partial charge in [-0.05, 0) is 53.6 Å². The van der Waals surface area contributed by atoms with Gasteiger partial charge in [-0.2, -0.15) is 0 Å². The van der Waals surface area contributed by atoms with Gasteiger partial charge in [0.1, 0.15) is 5.82 Å². The lowest BCUT2D eigenvalue weighted by atomic mass is 10.1. The Hall–Kier alpha value is -1.65. The number of nitrogens with zero attached hydrogens (tertiary/aromatic N) is 2. The number of hydrogen-bond donors (Lipinski definition) is 3. The molecule has 0 aliphatic carbocycles. The predicted octanol–water partition coefficient (Wildman–Crippen LogP) is 3.75. The SMILES string of the molecule is CN=C(NCCc1c[nH]c2ccc(F)cc12)NCCN1CCc2sccc2C1.I. The molecule has 3 N–H and O–H groups in total. The highest BCUT2D eigenvalue weighted by Crippen LogP contribution is 2.23. The Bertz CT molecular complexity index is 967. The molecule has 4 rings (SSSR count). The van der Waals surface area contributed by atoms with Crippen molar-refractivity contribution in [3.63, 3.8) is 0 Å². The Morgan fingerprint density at radius 3 is 3.00 bits per heavy atom. The number of thiophene rings is 1. The number of aliphatic imine (C=N–C) groups is 1. The summed E-state index contributed by atoms with van der Waals surface area (Å²) >= 11 is 1.87. The Balaban J connectivity index is 0.00000240. The molecule has 1 aliphatic heterocycles. The van der Waals surface area contributed by atoms with Crippen molar-refractivity contribution in [2.75, 3.05) is 33.2 Å². The van der Waals surface area contributed by atoms with E-state index in [1.807, 2.05) is 17.5 Å². The van der Waals surface area contributed by atoms with Crippen LogP contribution in [0.3, 0.4) is 0 Å². The number of halogens is 2. The number of rotatable bonds is 6. The summed E-state index contributed by atoms with van der Waals surface area (Å²) in [5.74, 6) is 0.602. The van der Waals surface area contributed by atoms with Crippen molar-refractivity contribution in [2.45, 2.75) is 19.4 Å². The summed E-state index contributed by atoms with van der Waals surface area (Å²) in [7, 11) is 1.79. The number of benzene rings is 1. The van der Waals surface area contributed by atoms with Crippen LogP contribution in [0.15, 0.2) is 40.8 Å². The van der Waals surface area contributed by atoms with Crippen molar-refractivity contribution >= 4 is 52.2 Å². The molecule has 0 saturated heterocycles. The fourth-order valence-electron chi connectivity index (χ4n) is 3.72. The lowest BCUT2D eigenvalue weighted by molar-refractivity contribution is 0.260. The topological polar surface area (TPSA) is 55.5 Å². The first-order valence-corrected chi connectivity index (χ1v) is 10.6. The van der Waals surface area contributed by atoms with Crippen LogP contribution in [0.25, 0.3) is 10.9 Å². The fourth-order valence-corrected chi connectivity index (χ4v) is 4.61. The molecule has 0 spiro atoms. The van der Waals surface area contributed by atoms with E-state index in [2.05, 4.69) is 37.0 Å². The van der Waals surface area contributed by atoms with Gasteiger partial charge >= 0.3 is 0 Å². The second-order valence-electron chi connectivity index (χ2n) is 7.07. The van der Waals surface area contributed by atoms with Gasteiger partial charge in [-0.25, -0.2) is 4.39 Å². The maximum atomic E-state index is 13.5. The van der Waals surface area contributed by atoms with Gasteiger partial charge in [0.2, 0.25) is 0 Å². The second-order valence-corrected chi connectivity index (χ2v) is 8.08. The van der Waals surface area contributed by atoms with Crippen LogP contribution in [0.1, 0.15) is 16.0 Å². The smallest absolute Gasteiger partial charge is 0.191 e. The number of hydrogen-bond acceptors (Lipinski definition) is 3. The lowest BCUT2D eigenvalue weighted by Crippen LogP contribution is -2.43. The summed E-state index contributed by atoms with van der Waals surface area (Å²) in [5.41, 5.74) is 3.56. The molecular weight excluding hydrogens is 500 g/mol. The van der Waals surface area contributed by atoms with E-state index in [9.17, 15) is 4.39 Å². The zero-order valence-electron chi connectivity index (χ0n) is 16.5. The fraction of sp³-hybridized carbons (Fsp3) is 0.381. The highest BCUT2D eigenvalue weighted by molar-refractivity contribution is 14.0. The molecule has 0 atom stereocenters. The van der Waals surface area contributed by atoms with Crippen LogP contribution in [0, 0.1) is 5.82 Å². The van der Waals surface area contributed by atoms with E-state index in [-0.39, 0.29) is 29.8 Å². The number of guanidine groups is 1. The number of aromatic amines is 1. The predicted molar refractivity (Wildman–Crippen MR) is 130 cm³/mol. The van der Waals surface area contributed by atoms with Crippen LogP contribution >= 0.6 is 35.3 Å². The Kier molecular flexibility index (Phi) is 7.91. The van der Waals surface area contributed by atoms with Crippen molar-refractivity contribution in [1.29, 1.82) is 0 Å². The van der Waals surface area contributed by atoms with E-state index in [0.717, 1.165) is 68.0 Å². The van der Waals surface area contributed by atoms with Crippen LogP contribution in [0.4, 0.5) is 4.39 Å². The van der Waals surface area contributed by atoms with Gasteiger partial charge in [-0.3, -0.25) is 9.89 Å². The van der Waals surface area contributed by atoms with Gasteiger partial charge in [0.15, 0.2) is 5.96 Å². The number of nitrogens with one attached hydrogen (secondary N) is 3. The average Bonchev–Trinajstić information content (AvgIpc) is 3.33. The van der Waals surface area contributed by atoms with Crippen LogP contribution < -0.4 is 10.6 Å². The van der Waals surface area contributed by atoms with Crippen molar-refractivity contribution in [2.24, 2.45) is 4.99 Å². The second kappa shape index (κ2) is 10.4. The summed E-state index contributed by atoms with van der Waals surface area (Å²) in [5, 5.41) is 9.89. The molecule has 2 aromatic heterocycles. The van der Waals surface area contributed by atoms with Crippen LogP contribution in [0.2, 0.25) is 0 Å². The Morgan fingerprint density at radius 2 is 2.14 bits per heavy atom. The summed E-state index contributed by atoms with van der Waals surface area (Å²) in [6.07, 6.45) is 3.92. The van der Waals surface area contributed by atoms with Crippen molar-refractivity contribution in [3.8, 4) is 0 Å². The largest absolute Gasteiger partial charge is 0.361 e. The minimum Gasteiger partial charge on any atom is -0.361 e. The lowest BCUT2D eigenvalue weighted by Gasteiger charge is -2.27. The molecular formula is C21H27FIN5S. The molecule has 29 heavy (non-hydrogen) atoms. The standard InChI is InChI=1S/C21H26FN5S.HI/c1-23-21(25-8-10-27-9-5-20-16(14-27)6-11-28-20)24-7-4-15-13-26-19-3-2-17(22)12-18(15)19;/h2-3,6,11-13,26H,4-5,7-10,14H2,1H3,(H2,23,24,25);1H. The van der Waals surface area contributed by atoms with Gasteiger partial charge in [0.05, 0.1) is 0 Å². The molecule has 3 heterocycles. The van der Waals surface area contributed by atoms with Gasteiger partial charge in [-0.1, -0.05) is 0 Å². The van der Waals surface area contributed by atoms with E-state index >= 15 is 0 Å². The third-order valence-corrected chi connectivity index (χ3v) is 6.27. The number of aromatic nitrogens is 1. The average molecular weight is 527 g/mol. The number of fused-ring (bicyclic) bond motifs is 2. The first-order chi connectivity index (χ1) is 13.7. The molecule has 1 aliphatic rings. The highest BCUT2D eigenvalue weighted by Gasteiger charge is 2.16. The molecule has 0 amide bonds. The maximum absolute atomic E-state index is 13.5. The summed E-state index contributed by atoms with van der Waals surface area (Å²) in [4.78, 5) is 11.5. The zero-order valence-corrected chi connectivity index (χ0v) is 19.6. The maximum Gasteiger partial charge on any atom is 0.191 e. The van der Waals surface area contributed by atoms with Crippen LogP contribution in [-0.4, -0.2) is 49.1 Å². The normalized spacial score (nSPS) is 14.5. The Morgan fingerprint density at radius 1 is 1.28 bits per heavy atom. The van der Waals surface area contributed by atoms with Crippen LogP contribution in [0.5, 0.6) is 0 Å². The summed E-state index contributed by atoms with van der Waals surface area (Å²) in [6.45, 7) is 4.77. The molecule has 5 nitrogen and oxygen atoms in total. The molecule has 1 aromatic carbocycles. The molecule has 156 valence electrons. The molecule has 3 aromatic rings. The van der Waals surface area contributed by atoms with Crippen molar-refractivity contribution in [3.05, 3.63) is 57.7 Å². The first kappa shape index (κ1) is 22.0. The quantitative estimate of drug-likeness (QED) is 0.260.